The van der Waals surface area contributed by atoms with Crippen molar-refractivity contribution in [1.82, 2.24) is 0 Å². The molecule has 0 aromatic rings. The standard InChI is InChI=1S/C8H18O5.C4H8O2.C4H10O/c9-1-3-11-5-7-13-8-6-12-4-2-10;1-3-6-4(2)5;1-3-5-4-2/h9-10H,1-8H2;3H2,1-2H3;3-4H2,1-2H3. The van der Waals surface area contributed by atoms with Crippen LogP contribution in [0.3, 0.4) is 0 Å². The molecule has 0 spiro atoms. The number of ether oxygens (including phenoxy) is 5. The van der Waals surface area contributed by atoms with Gasteiger partial charge in [-0.05, 0) is 20.8 Å². The molecular formula is C16H36O8. The van der Waals surface area contributed by atoms with E-state index < -0.39 is 0 Å². The topological polar surface area (TPSA) is 104 Å². The third kappa shape index (κ3) is 42.9. The lowest BCUT2D eigenvalue weighted by atomic mass is 10.7. The van der Waals surface area contributed by atoms with Crippen LogP contribution in [-0.4, -0.2) is 88.9 Å². The average Bonchev–Trinajstić information content (AvgIpc) is 2.55. The molecule has 0 rings (SSSR count). The summed E-state index contributed by atoms with van der Waals surface area (Å²) < 4.78 is 24.3. The summed E-state index contributed by atoms with van der Waals surface area (Å²) >= 11 is 0. The first-order valence-corrected chi connectivity index (χ1v) is 8.26. The highest BCUT2D eigenvalue weighted by atomic mass is 16.5. The highest BCUT2D eigenvalue weighted by Gasteiger charge is 1.90. The molecule has 24 heavy (non-hydrogen) atoms. The van der Waals surface area contributed by atoms with E-state index in [1.54, 1.807) is 6.92 Å². The lowest BCUT2D eigenvalue weighted by Crippen LogP contribution is -2.11. The zero-order valence-corrected chi connectivity index (χ0v) is 15.6. The summed E-state index contributed by atoms with van der Waals surface area (Å²) in [5, 5.41) is 16.7. The minimum Gasteiger partial charge on any atom is -0.466 e. The molecule has 0 amide bonds. The third-order valence-electron chi connectivity index (χ3n) is 1.97. The van der Waals surface area contributed by atoms with Gasteiger partial charge in [-0.1, -0.05) is 0 Å². The van der Waals surface area contributed by atoms with Crippen LogP contribution in [0.15, 0.2) is 0 Å². The van der Waals surface area contributed by atoms with E-state index in [-0.39, 0.29) is 19.2 Å². The molecule has 0 saturated heterocycles. The SMILES string of the molecule is CCOC(C)=O.CCOCC.OCCOCCOCCOCCO. The summed E-state index contributed by atoms with van der Waals surface area (Å²) in [5.74, 6) is -0.211. The van der Waals surface area contributed by atoms with Gasteiger partial charge in [0.15, 0.2) is 0 Å². The van der Waals surface area contributed by atoms with Crippen LogP contribution in [0, 0.1) is 0 Å². The van der Waals surface area contributed by atoms with Crippen molar-refractivity contribution >= 4 is 5.97 Å². The quantitative estimate of drug-likeness (QED) is 0.366. The number of hydrogen-bond donors (Lipinski definition) is 2. The number of carbonyl (C=O) groups is 1. The van der Waals surface area contributed by atoms with E-state index >= 15 is 0 Å². The minimum atomic E-state index is -0.211. The molecule has 0 radical (unpaired) electrons. The Labute approximate surface area is 146 Å². The first kappa shape index (κ1) is 28.1. The largest absolute Gasteiger partial charge is 0.466 e. The second-order valence-corrected chi connectivity index (χ2v) is 3.99. The van der Waals surface area contributed by atoms with Crippen LogP contribution in [0.25, 0.3) is 0 Å². The van der Waals surface area contributed by atoms with E-state index in [1.807, 2.05) is 13.8 Å². The van der Waals surface area contributed by atoms with E-state index in [0.29, 0.717) is 46.2 Å². The Hall–Kier alpha value is -0.770. The fraction of sp³-hybridized carbons (Fsp3) is 0.938. The van der Waals surface area contributed by atoms with Crippen molar-refractivity contribution in [2.24, 2.45) is 0 Å². The van der Waals surface area contributed by atoms with Gasteiger partial charge in [0.05, 0.1) is 59.5 Å². The van der Waals surface area contributed by atoms with E-state index in [4.69, 9.17) is 29.2 Å². The minimum absolute atomic E-state index is 0.0413. The predicted molar refractivity (Wildman–Crippen MR) is 91.1 cm³/mol. The molecule has 0 aromatic heterocycles. The number of hydrogen-bond acceptors (Lipinski definition) is 8. The number of aliphatic hydroxyl groups excluding tert-OH is 2. The van der Waals surface area contributed by atoms with Gasteiger partial charge in [0, 0.05) is 20.1 Å². The molecule has 0 aliphatic heterocycles. The van der Waals surface area contributed by atoms with Gasteiger partial charge < -0.3 is 33.9 Å². The summed E-state index contributed by atoms with van der Waals surface area (Å²) in [5.41, 5.74) is 0. The molecule has 8 nitrogen and oxygen atoms in total. The van der Waals surface area contributed by atoms with Crippen molar-refractivity contribution in [3.8, 4) is 0 Å². The van der Waals surface area contributed by atoms with Crippen molar-refractivity contribution in [2.75, 3.05) is 72.7 Å². The Kier molecular flexibility index (Phi) is 35.2. The van der Waals surface area contributed by atoms with E-state index in [2.05, 4.69) is 4.74 Å². The second-order valence-electron chi connectivity index (χ2n) is 3.99. The van der Waals surface area contributed by atoms with Crippen LogP contribution in [0.1, 0.15) is 27.7 Å². The Bertz CT molecular complexity index is 202. The van der Waals surface area contributed by atoms with Crippen LogP contribution >= 0.6 is 0 Å². The Morgan fingerprint density at radius 2 is 1.04 bits per heavy atom. The van der Waals surface area contributed by atoms with Crippen LogP contribution in [0.2, 0.25) is 0 Å². The Morgan fingerprint density at radius 3 is 1.21 bits per heavy atom. The molecular weight excluding hydrogens is 320 g/mol. The van der Waals surface area contributed by atoms with Gasteiger partial charge in [0.2, 0.25) is 0 Å². The van der Waals surface area contributed by atoms with E-state index in [0.717, 1.165) is 13.2 Å². The highest BCUT2D eigenvalue weighted by Crippen LogP contribution is 1.80. The fourth-order valence-electron chi connectivity index (χ4n) is 1.08. The summed E-state index contributed by atoms with van der Waals surface area (Å²) in [6.45, 7) is 12.1. The first-order chi connectivity index (χ1) is 11.6. The zero-order valence-electron chi connectivity index (χ0n) is 15.6. The molecule has 0 unspecified atom stereocenters. The molecule has 0 aromatic carbocycles. The summed E-state index contributed by atoms with van der Waals surface area (Å²) in [6.07, 6.45) is 0. The molecule has 0 heterocycles. The maximum atomic E-state index is 9.82. The van der Waals surface area contributed by atoms with Crippen LogP contribution in [-0.2, 0) is 28.5 Å². The van der Waals surface area contributed by atoms with E-state index in [1.165, 1.54) is 6.92 Å². The van der Waals surface area contributed by atoms with Gasteiger partial charge >= 0.3 is 5.97 Å². The number of rotatable bonds is 13. The number of esters is 1. The molecule has 0 fully saturated rings. The summed E-state index contributed by atoms with van der Waals surface area (Å²) in [4.78, 5) is 9.82. The lowest BCUT2D eigenvalue weighted by molar-refractivity contribution is -0.140. The van der Waals surface area contributed by atoms with Crippen LogP contribution < -0.4 is 0 Å². The Balaban J connectivity index is -0.000000332. The molecule has 8 heteroatoms. The van der Waals surface area contributed by atoms with Gasteiger partial charge in [0.25, 0.3) is 0 Å². The fourth-order valence-corrected chi connectivity index (χ4v) is 1.08. The molecule has 148 valence electrons. The molecule has 0 aliphatic carbocycles. The third-order valence-corrected chi connectivity index (χ3v) is 1.97. The molecule has 0 saturated carbocycles. The van der Waals surface area contributed by atoms with Gasteiger partial charge in [-0.3, -0.25) is 4.79 Å². The lowest BCUT2D eigenvalue weighted by Gasteiger charge is -2.04. The van der Waals surface area contributed by atoms with Crippen LogP contribution in [0.4, 0.5) is 0 Å². The first-order valence-electron chi connectivity index (χ1n) is 8.26. The zero-order chi connectivity index (χ0) is 18.9. The van der Waals surface area contributed by atoms with Gasteiger partial charge in [-0.15, -0.1) is 0 Å². The molecule has 2 N–H and O–H groups in total. The summed E-state index contributed by atoms with van der Waals surface area (Å²) in [6, 6.07) is 0. The molecule has 0 atom stereocenters. The van der Waals surface area contributed by atoms with Crippen LogP contribution in [0.5, 0.6) is 0 Å². The van der Waals surface area contributed by atoms with Crippen molar-refractivity contribution in [1.29, 1.82) is 0 Å². The van der Waals surface area contributed by atoms with E-state index in [9.17, 15) is 4.79 Å². The van der Waals surface area contributed by atoms with Crippen molar-refractivity contribution < 1.29 is 38.7 Å². The Morgan fingerprint density at radius 1 is 0.667 bits per heavy atom. The van der Waals surface area contributed by atoms with Gasteiger partial charge in [-0.2, -0.15) is 0 Å². The predicted octanol–water partition coefficient (Wildman–Crippen LogP) is 0.633. The average molecular weight is 356 g/mol. The number of aliphatic hydroxyl groups is 2. The smallest absolute Gasteiger partial charge is 0.302 e. The monoisotopic (exact) mass is 356 g/mol. The van der Waals surface area contributed by atoms with Crippen molar-refractivity contribution in [3.05, 3.63) is 0 Å². The highest BCUT2D eigenvalue weighted by molar-refractivity contribution is 5.65. The van der Waals surface area contributed by atoms with Crippen molar-refractivity contribution in [2.45, 2.75) is 27.7 Å². The maximum absolute atomic E-state index is 9.82. The van der Waals surface area contributed by atoms with Gasteiger partial charge in [0.1, 0.15) is 0 Å². The summed E-state index contributed by atoms with van der Waals surface area (Å²) in [7, 11) is 0. The molecule has 0 bridgehead atoms. The van der Waals surface area contributed by atoms with Gasteiger partial charge in [-0.25, -0.2) is 0 Å². The van der Waals surface area contributed by atoms with Crippen molar-refractivity contribution in [3.63, 3.8) is 0 Å². The maximum Gasteiger partial charge on any atom is 0.302 e. The normalized spacial score (nSPS) is 9.42. The second kappa shape index (κ2) is 30.1. The molecule has 0 aliphatic rings. The number of carbonyl (C=O) groups excluding carboxylic acids is 1.